The molecule has 2 amide bonds. The number of benzene rings is 1. The topological polar surface area (TPSA) is 116 Å². The molecular weight excluding hydrogens is 288 g/mol. The molecule has 3 atom stereocenters. The Labute approximate surface area is 128 Å². The number of aliphatic hydroxyl groups excluding tert-OH is 1. The lowest BCUT2D eigenvalue weighted by molar-refractivity contribution is -0.130. The molecule has 0 radical (unpaired) electrons. The molecule has 0 unspecified atom stereocenters. The van der Waals surface area contributed by atoms with E-state index in [4.69, 9.17) is 0 Å². The summed E-state index contributed by atoms with van der Waals surface area (Å²) in [5.74, 6) is -0.862. The van der Waals surface area contributed by atoms with Crippen LogP contribution in [0.4, 0.5) is 0 Å². The minimum absolute atomic E-state index is 0.0967. The van der Waals surface area contributed by atoms with Gasteiger partial charge in [-0.25, -0.2) is 0 Å². The van der Waals surface area contributed by atoms with Gasteiger partial charge in [0.1, 0.15) is 24.1 Å². The fraction of sp³-hybridized carbons (Fsp3) is 0.400. The van der Waals surface area contributed by atoms with Crippen LogP contribution in [-0.2, 0) is 20.8 Å². The van der Waals surface area contributed by atoms with E-state index in [2.05, 4.69) is 10.6 Å². The summed E-state index contributed by atoms with van der Waals surface area (Å²) in [5.41, 5.74) is 0.728. The molecule has 0 bridgehead atoms. The van der Waals surface area contributed by atoms with E-state index in [9.17, 15) is 24.6 Å². The molecule has 1 aromatic carbocycles. The Bertz CT molecular complexity index is 527. The van der Waals surface area contributed by atoms with Crippen LogP contribution in [0, 0.1) is 0 Å². The van der Waals surface area contributed by atoms with Crippen LogP contribution in [0.1, 0.15) is 19.4 Å². The first-order chi connectivity index (χ1) is 10.3. The van der Waals surface area contributed by atoms with E-state index in [1.54, 1.807) is 12.1 Å². The molecule has 1 aromatic rings. The van der Waals surface area contributed by atoms with Gasteiger partial charge in [-0.05, 0) is 24.6 Å². The number of phenols is 1. The molecule has 0 fully saturated rings. The van der Waals surface area contributed by atoms with Crippen molar-refractivity contribution >= 4 is 18.1 Å². The predicted molar refractivity (Wildman–Crippen MR) is 79.1 cm³/mol. The molecule has 0 aromatic heterocycles. The fourth-order valence-electron chi connectivity index (χ4n) is 1.86. The van der Waals surface area contributed by atoms with Crippen molar-refractivity contribution < 1.29 is 24.6 Å². The number of amides is 2. The summed E-state index contributed by atoms with van der Waals surface area (Å²) >= 11 is 0. The zero-order chi connectivity index (χ0) is 16.7. The Balaban J connectivity index is 2.82. The number of aldehydes is 1. The minimum Gasteiger partial charge on any atom is -0.508 e. The molecule has 1 rings (SSSR count). The smallest absolute Gasteiger partial charge is 0.243 e. The predicted octanol–water partition coefficient (Wildman–Crippen LogP) is -0.496. The number of nitrogens with one attached hydrogen (secondary N) is 2. The summed E-state index contributed by atoms with van der Waals surface area (Å²) in [6, 6.07) is 4.28. The highest BCUT2D eigenvalue weighted by Gasteiger charge is 2.24. The number of hydrogen-bond acceptors (Lipinski definition) is 5. The van der Waals surface area contributed by atoms with Crippen LogP contribution in [0.15, 0.2) is 24.3 Å². The highest BCUT2D eigenvalue weighted by atomic mass is 16.3. The average molecular weight is 308 g/mol. The van der Waals surface area contributed by atoms with Gasteiger partial charge in [0.25, 0.3) is 0 Å². The van der Waals surface area contributed by atoms with Crippen molar-refractivity contribution in [2.75, 3.05) is 0 Å². The van der Waals surface area contributed by atoms with Crippen LogP contribution in [0.2, 0.25) is 0 Å². The lowest BCUT2D eigenvalue weighted by Gasteiger charge is -2.21. The SMILES string of the molecule is CC(=O)N[C@@H](Cc1ccc(O)cc1)C(=O)N[C@H](C=O)[C@@H](C)O. The second-order valence-corrected chi connectivity index (χ2v) is 5.03. The molecule has 0 aliphatic rings. The summed E-state index contributed by atoms with van der Waals surface area (Å²) in [5, 5.41) is 23.5. The monoisotopic (exact) mass is 308 g/mol. The van der Waals surface area contributed by atoms with Gasteiger partial charge in [0.2, 0.25) is 11.8 Å². The van der Waals surface area contributed by atoms with Crippen molar-refractivity contribution in [1.29, 1.82) is 0 Å². The number of aliphatic hydroxyl groups is 1. The third-order valence-electron chi connectivity index (χ3n) is 3.05. The van der Waals surface area contributed by atoms with Crippen LogP contribution >= 0.6 is 0 Å². The molecule has 7 nitrogen and oxygen atoms in total. The maximum absolute atomic E-state index is 12.2. The van der Waals surface area contributed by atoms with Gasteiger partial charge in [-0.15, -0.1) is 0 Å². The maximum Gasteiger partial charge on any atom is 0.243 e. The van der Waals surface area contributed by atoms with Gasteiger partial charge in [0.05, 0.1) is 6.10 Å². The number of carbonyl (C=O) groups is 3. The Hall–Kier alpha value is -2.41. The highest BCUT2D eigenvalue weighted by molar-refractivity contribution is 5.88. The van der Waals surface area contributed by atoms with Gasteiger partial charge >= 0.3 is 0 Å². The summed E-state index contributed by atoms with van der Waals surface area (Å²) in [6.45, 7) is 2.66. The van der Waals surface area contributed by atoms with Crippen molar-refractivity contribution in [2.24, 2.45) is 0 Å². The lowest BCUT2D eigenvalue weighted by atomic mass is 10.0. The molecule has 0 saturated carbocycles. The van der Waals surface area contributed by atoms with Crippen LogP contribution in [0.3, 0.4) is 0 Å². The standard InChI is InChI=1S/C15H20N2O5/c1-9(19)14(8-18)17-15(22)13(16-10(2)20)7-11-3-5-12(21)6-4-11/h3-6,8-9,13-14,19,21H,7H2,1-2H3,(H,16,20)(H,17,22)/t9-,13+,14-/m1/s1. The molecule has 4 N–H and O–H groups in total. The third-order valence-corrected chi connectivity index (χ3v) is 3.05. The third kappa shape index (κ3) is 5.53. The summed E-state index contributed by atoms with van der Waals surface area (Å²) in [4.78, 5) is 34.3. The second kappa shape index (κ2) is 8.14. The van der Waals surface area contributed by atoms with E-state index in [0.29, 0.717) is 6.29 Å². The van der Waals surface area contributed by atoms with Crippen molar-refractivity contribution in [1.82, 2.24) is 10.6 Å². The first-order valence-electron chi connectivity index (χ1n) is 6.82. The van der Waals surface area contributed by atoms with Gasteiger partial charge in [0, 0.05) is 13.3 Å². The average Bonchev–Trinajstić information content (AvgIpc) is 2.45. The van der Waals surface area contributed by atoms with Crippen LogP contribution < -0.4 is 10.6 Å². The van der Waals surface area contributed by atoms with E-state index >= 15 is 0 Å². The second-order valence-electron chi connectivity index (χ2n) is 5.03. The molecule has 7 heteroatoms. The quantitative estimate of drug-likeness (QED) is 0.507. The van der Waals surface area contributed by atoms with Gasteiger partial charge < -0.3 is 25.6 Å². The molecule has 120 valence electrons. The Morgan fingerprint density at radius 2 is 1.82 bits per heavy atom. The van der Waals surface area contributed by atoms with E-state index in [1.807, 2.05) is 0 Å². The van der Waals surface area contributed by atoms with Crippen LogP contribution in [0.25, 0.3) is 0 Å². The molecule has 22 heavy (non-hydrogen) atoms. The number of aromatic hydroxyl groups is 1. The number of hydrogen-bond donors (Lipinski definition) is 4. The Kier molecular flexibility index (Phi) is 6.52. The summed E-state index contributed by atoms with van der Waals surface area (Å²) in [7, 11) is 0. The van der Waals surface area contributed by atoms with E-state index in [-0.39, 0.29) is 12.2 Å². The Morgan fingerprint density at radius 3 is 2.27 bits per heavy atom. The minimum atomic E-state index is -1.04. The van der Waals surface area contributed by atoms with Crippen molar-refractivity contribution in [3.63, 3.8) is 0 Å². The molecule has 0 aliphatic heterocycles. The summed E-state index contributed by atoms with van der Waals surface area (Å²) in [6.07, 6.45) is -0.404. The van der Waals surface area contributed by atoms with Gasteiger partial charge in [-0.2, -0.15) is 0 Å². The zero-order valence-corrected chi connectivity index (χ0v) is 12.4. The first kappa shape index (κ1) is 17.6. The van der Waals surface area contributed by atoms with Crippen molar-refractivity contribution in [3.8, 4) is 5.75 Å². The molecule has 0 saturated heterocycles. The van der Waals surface area contributed by atoms with E-state index in [1.165, 1.54) is 26.0 Å². The number of phenolic OH excluding ortho intramolecular Hbond substituents is 1. The van der Waals surface area contributed by atoms with Crippen LogP contribution in [0.5, 0.6) is 5.75 Å². The first-order valence-corrected chi connectivity index (χ1v) is 6.82. The maximum atomic E-state index is 12.2. The van der Waals surface area contributed by atoms with Crippen molar-refractivity contribution in [2.45, 2.75) is 38.5 Å². The van der Waals surface area contributed by atoms with E-state index < -0.39 is 30.0 Å². The Morgan fingerprint density at radius 1 is 1.23 bits per heavy atom. The van der Waals surface area contributed by atoms with Gasteiger partial charge in [-0.3, -0.25) is 9.59 Å². The molecular formula is C15H20N2O5. The normalized spacial score (nSPS) is 14.5. The molecule has 0 heterocycles. The van der Waals surface area contributed by atoms with Crippen molar-refractivity contribution in [3.05, 3.63) is 29.8 Å². The number of rotatable bonds is 7. The number of carbonyl (C=O) groups excluding carboxylic acids is 3. The van der Waals surface area contributed by atoms with Gasteiger partial charge in [-0.1, -0.05) is 12.1 Å². The largest absolute Gasteiger partial charge is 0.508 e. The van der Waals surface area contributed by atoms with Crippen LogP contribution in [-0.4, -0.2) is 46.5 Å². The summed E-state index contributed by atoms with van der Waals surface area (Å²) < 4.78 is 0. The molecule has 0 spiro atoms. The molecule has 0 aliphatic carbocycles. The zero-order valence-electron chi connectivity index (χ0n) is 12.4. The lowest BCUT2D eigenvalue weighted by Crippen LogP contribution is -2.53. The van der Waals surface area contributed by atoms with E-state index in [0.717, 1.165) is 5.56 Å². The highest BCUT2D eigenvalue weighted by Crippen LogP contribution is 2.11. The van der Waals surface area contributed by atoms with Gasteiger partial charge in [0.15, 0.2) is 0 Å². The fourth-order valence-corrected chi connectivity index (χ4v) is 1.86.